The van der Waals surface area contributed by atoms with Gasteiger partial charge in [-0.25, -0.2) is 4.79 Å². The minimum absolute atomic E-state index is 0.182. The van der Waals surface area contributed by atoms with Crippen molar-refractivity contribution in [2.75, 3.05) is 12.9 Å². The Morgan fingerprint density at radius 1 is 1.14 bits per heavy atom. The molecule has 1 aromatic rings. The van der Waals surface area contributed by atoms with Crippen molar-refractivity contribution in [3.63, 3.8) is 0 Å². The number of carbonyl (C=O) groups is 1. The van der Waals surface area contributed by atoms with Gasteiger partial charge < -0.3 is 9.64 Å². The highest BCUT2D eigenvalue weighted by Crippen LogP contribution is 2.43. The number of carbonyl (C=O) groups excluding carboxylic acids is 1. The predicted octanol–water partition coefficient (Wildman–Crippen LogP) is 5.43. The first kappa shape index (κ1) is 23.9. The minimum atomic E-state index is -0.869. The van der Waals surface area contributed by atoms with E-state index in [-0.39, 0.29) is 22.9 Å². The molecule has 2 heterocycles. The van der Waals surface area contributed by atoms with Crippen LogP contribution in [0.3, 0.4) is 0 Å². The van der Waals surface area contributed by atoms with Crippen LogP contribution in [0.1, 0.15) is 65.9 Å². The van der Waals surface area contributed by atoms with E-state index in [0.29, 0.717) is 11.8 Å². The third-order valence-electron chi connectivity index (χ3n) is 6.21. The summed E-state index contributed by atoms with van der Waals surface area (Å²) in [7, 11) is 0.602. The first-order valence-electron chi connectivity index (χ1n) is 11.1. The van der Waals surface area contributed by atoms with Gasteiger partial charge in [-0.1, -0.05) is 44.2 Å². The lowest BCUT2D eigenvalue weighted by Gasteiger charge is -2.41. The zero-order valence-corrected chi connectivity index (χ0v) is 19.8. The van der Waals surface area contributed by atoms with Crippen LogP contribution in [0, 0.1) is 11.8 Å². The standard InChI is InChI=1S/C22H33NO3S.C2H6/c1-22(2,3)27(25)15-18(12-16-8-6-5-7-9-16)17-13-19-10-11-20(14-17)23(19)21(24)26-4;1-2/h5-9,17-20H,10-15H2,1-4H3;1-2H3/t17?,18-,19-,20+,27+;/m0./s1. The lowest BCUT2D eigenvalue weighted by Crippen LogP contribution is -2.48. The Morgan fingerprint density at radius 2 is 1.69 bits per heavy atom. The molecule has 2 fully saturated rings. The zero-order valence-electron chi connectivity index (χ0n) is 19.0. The van der Waals surface area contributed by atoms with Gasteiger partial charge in [-0.15, -0.1) is 0 Å². The highest BCUT2D eigenvalue weighted by molar-refractivity contribution is 7.86. The van der Waals surface area contributed by atoms with Crippen molar-refractivity contribution in [1.82, 2.24) is 4.90 Å². The third kappa shape index (κ3) is 6.07. The number of fused-ring (bicyclic) bond motifs is 2. The van der Waals surface area contributed by atoms with Gasteiger partial charge in [0.15, 0.2) is 0 Å². The van der Waals surface area contributed by atoms with Gasteiger partial charge in [0.05, 0.1) is 7.11 Å². The quantitative estimate of drug-likeness (QED) is 0.637. The topological polar surface area (TPSA) is 46.6 Å². The molecule has 1 aromatic carbocycles. The summed E-state index contributed by atoms with van der Waals surface area (Å²) in [5.41, 5.74) is 1.32. The molecule has 2 aliphatic heterocycles. The lowest BCUT2D eigenvalue weighted by atomic mass is 9.79. The number of benzene rings is 1. The Balaban J connectivity index is 0.00000145. The molecule has 0 saturated carbocycles. The number of hydrogen-bond donors (Lipinski definition) is 0. The van der Waals surface area contributed by atoms with Crippen LogP contribution in [-0.2, 0) is 22.0 Å². The van der Waals surface area contributed by atoms with Gasteiger partial charge in [0.2, 0.25) is 0 Å². The molecular weight excluding hydrogens is 382 g/mol. The molecular formula is C24H39NO3S. The third-order valence-corrected chi connectivity index (χ3v) is 8.31. The number of hydrogen-bond acceptors (Lipinski definition) is 3. The summed E-state index contributed by atoms with van der Waals surface area (Å²) in [5, 5.41) is 0. The molecule has 4 nitrogen and oxygen atoms in total. The molecule has 0 radical (unpaired) electrons. The van der Waals surface area contributed by atoms with Crippen molar-refractivity contribution < 1.29 is 13.7 Å². The second kappa shape index (κ2) is 10.6. The predicted molar refractivity (Wildman–Crippen MR) is 122 cm³/mol. The van der Waals surface area contributed by atoms with Gasteiger partial charge in [0, 0.05) is 33.4 Å². The van der Waals surface area contributed by atoms with Crippen molar-refractivity contribution in [2.24, 2.45) is 11.8 Å². The van der Waals surface area contributed by atoms with Gasteiger partial charge >= 0.3 is 6.09 Å². The van der Waals surface area contributed by atoms with E-state index in [4.69, 9.17) is 4.74 Å². The van der Waals surface area contributed by atoms with Crippen molar-refractivity contribution in [1.29, 1.82) is 0 Å². The van der Waals surface area contributed by atoms with Gasteiger partial charge in [-0.2, -0.15) is 0 Å². The molecule has 29 heavy (non-hydrogen) atoms. The fraction of sp³-hybridized carbons (Fsp3) is 0.708. The summed E-state index contributed by atoms with van der Waals surface area (Å²) >= 11 is 0. The van der Waals surface area contributed by atoms with Crippen LogP contribution in [0.5, 0.6) is 0 Å². The van der Waals surface area contributed by atoms with E-state index in [1.807, 2.05) is 24.8 Å². The summed E-state index contributed by atoms with van der Waals surface area (Å²) in [4.78, 5) is 14.1. The summed E-state index contributed by atoms with van der Waals surface area (Å²) in [6.07, 6.45) is 4.92. The van der Waals surface area contributed by atoms with Crippen LogP contribution >= 0.6 is 0 Å². The number of nitrogens with zero attached hydrogens (tertiary/aromatic N) is 1. The van der Waals surface area contributed by atoms with E-state index in [0.717, 1.165) is 37.9 Å². The van der Waals surface area contributed by atoms with Crippen LogP contribution in [0.4, 0.5) is 4.79 Å². The maximum atomic E-state index is 12.9. The minimum Gasteiger partial charge on any atom is -0.453 e. The van der Waals surface area contributed by atoms with Crippen LogP contribution in [0.25, 0.3) is 0 Å². The van der Waals surface area contributed by atoms with E-state index in [2.05, 4.69) is 45.0 Å². The molecule has 164 valence electrons. The maximum absolute atomic E-state index is 12.9. The van der Waals surface area contributed by atoms with Gasteiger partial charge in [0.25, 0.3) is 0 Å². The average molecular weight is 422 g/mol. The van der Waals surface area contributed by atoms with Crippen LogP contribution in [0.2, 0.25) is 0 Å². The van der Waals surface area contributed by atoms with Crippen LogP contribution in [-0.4, -0.2) is 44.9 Å². The fourth-order valence-electron chi connectivity index (χ4n) is 4.73. The molecule has 0 aromatic heterocycles. The molecule has 5 heteroatoms. The molecule has 3 rings (SSSR count). The van der Waals surface area contributed by atoms with Gasteiger partial charge in [-0.05, 0) is 70.3 Å². The molecule has 0 aliphatic carbocycles. The van der Waals surface area contributed by atoms with E-state index in [1.54, 1.807) is 0 Å². The highest BCUT2D eigenvalue weighted by atomic mass is 32.2. The molecule has 0 spiro atoms. The summed E-state index contributed by atoms with van der Waals surface area (Å²) in [6, 6.07) is 11.1. The Kier molecular flexibility index (Phi) is 8.74. The number of ether oxygens (including phenoxy) is 1. The molecule has 2 aliphatic rings. The number of piperidine rings is 1. The molecule has 2 saturated heterocycles. The first-order chi connectivity index (χ1) is 13.8. The highest BCUT2D eigenvalue weighted by Gasteiger charge is 2.46. The molecule has 2 bridgehead atoms. The van der Waals surface area contributed by atoms with E-state index in [9.17, 15) is 9.00 Å². The zero-order chi connectivity index (χ0) is 21.6. The Morgan fingerprint density at radius 3 is 2.17 bits per heavy atom. The number of rotatable bonds is 5. The van der Waals surface area contributed by atoms with Crippen molar-refractivity contribution in [3.05, 3.63) is 35.9 Å². The smallest absolute Gasteiger partial charge is 0.409 e. The Hall–Kier alpha value is -1.36. The van der Waals surface area contributed by atoms with Crippen molar-refractivity contribution in [3.8, 4) is 0 Å². The van der Waals surface area contributed by atoms with E-state index in [1.165, 1.54) is 12.7 Å². The largest absolute Gasteiger partial charge is 0.453 e. The fourth-order valence-corrected chi connectivity index (χ4v) is 6.01. The number of methoxy groups -OCH3 is 1. The molecule has 1 amide bonds. The summed E-state index contributed by atoms with van der Waals surface area (Å²) in [6.45, 7) is 10.2. The normalized spacial score (nSPS) is 25.6. The van der Waals surface area contributed by atoms with E-state index < -0.39 is 10.8 Å². The number of amides is 1. The maximum Gasteiger partial charge on any atom is 0.409 e. The second-order valence-electron chi connectivity index (χ2n) is 9.07. The SMILES string of the molecule is CC.COC(=O)N1[C@@H]2CC[C@H]1CC([C@@H](Cc1ccccc1)C[S@@](=O)C(C)(C)C)C2. The van der Waals surface area contributed by atoms with Crippen molar-refractivity contribution in [2.45, 2.75) is 83.6 Å². The molecule has 0 N–H and O–H groups in total. The van der Waals surface area contributed by atoms with Gasteiger partial charge in [0.1, 0.15) is 0 Å². The summed E-state index contributed by atoms with van der Waals surface area (Å²) < 4.78 is 17.7. The summed E-state index contributed by atoms with van der Waals surface area (Å²) in [5.74, 6) is 1.63. The van der Waals surface area contributed by atoms with Crippen molar-refractivity contribution >= 4 is 16.9 Å². The van der Waals surface area contributed by atoms with Gasteiger partial charge in [-0.3, -0.25) is 4.21 Å². The van der Waals surface area contributed by atoms with Crippen LogP contribution in [0.15, 0.2) is 30.3 Å². The van der Waals surface area contributed by atoms with E-state index >= 15 is 0 Å². The van der Waals surface area contributed by atoms with Crippen LogP contribution < -0.4 is 0 Å². The molecule has 1 unspecified atom stereocenters. The lowest BCUT2D eigenvalue weighted by molar-refractivity contribution is 0.0608. The second-order valence-corrected chi connectivity index (χ2v) is 11.3. The Labute approximate surface area is 179 Å². The molecule has 5 atom stereocenters. The first-order valence-corrected chi connectivity index (χ1v) is 12.4. The average Bonchev–Trinajstić information content (AvgIpc) is 2.97. The Bertz CT molecular complexity index is 656. The monoisotopic (exact) mass is 421 g/mol.